The lowest BCUT2D eigenvalue weighted by atomic mass is 10.2. The first-order chi connectivity index (χ1) is 7.88. The molecule has 0 aromatic carbocycles. The van der Waals surface area contributed by atoms with E-state index in [9.17, 15) is 0 Å². The number of hydrogen-bond donors (Lipinski definition) is 1. The number of anilines is 1. The van der Waals surface area contributed by atoms with Crippen LogP contribution in [0.4, 0.5) is 5.13 Å². The van der Waals surface area contributed by atoms with E-state index in [4.69, 9.17) is 4.74 Å². The Kier molecular flexibility index (Phi) is 4.93. The lowest BCUT2D eigenvalue weighted by Crippen LogP contribution is -2.17. The van der Waals surface area contributed by atoms with Gasteiger partial charge in [-0.3, -0.25) is 0 Å². The second kappa shape index (κ2) is 6.47. The Morgan fingerprint density at radius 1 is 1.56 bits per heavy atom. The molecule has 1 fully saturated rings. The summed E-state index contributed by atoms with van der Waals surface area (Å²) in [6.07, 6.45) is 4.39. The summed E-state index contributed by atoms with van der Waals surface area (Å²) in [4.78, 5) is 5.71. The first-order valence-electron chi connectivity index (χ1n) is 5.76. The zero-order valence-corrected chi connectivity index (χ0v) is 11.2. The highest BCUT2D eigenvalue weighted by Crippen LogP contribution is 2.28. The number of thiazole rings is 1. The van der Waals surface area contributed by atoms with Crippen LogP contribution in [-0.2, 0) is 10.5 Å². The van der Waals surface area contributed by atoms with E-state index in [1.165, 1.54) is 17.7 Å². The number of nitrogens with zero attached hydrogens (tertiary/aromatic N) is 1. The van der Waals surface area contributed by atoms with E-state index in [2.05, 4.69) is 17.2 Å². The van der Waals surface area contributed by atoms with E-state index < -0.39 is 0 Å². The van der Waals surface area contributed by atoms with Crippen LogP contribution in [0.5, 0.6) is 0 Å². The molecule has 16 heavy (non-hydrogen) atoms. The highest BCUT2D eigenvalue weighted by Gasteiger charge is 2.14. The molecule has 1 N–H and O–H groups in total. The normalized spacial score (nSPS) is 17.6. The molecule has 1 aromatic heterocycles. The van der Waals surface area contributed by atoms with Gasteiger partial charge in [-0.25, -0.2) is 4.98 Å². The van der Waals surface area contributed by atoms with Gasteiger partial charge in [-0.2, -0.15) is 11.8 Å². The fourth-order valence-corrected chi connectivity index (χ4v) is 3.77. The van der Waals surface area contributed by atoms with Gasteiger partial charge < -0.3 is 10.1 Å². The highest BCUT2D eigenvalue weighted by atomic mass is 32.2. The SMILES string of the molecule is CCNc1ncc(CSC2CCOCC2)s1. The van der Waals surface area contributed by atoms with Crippen LogP contribution in [0.2, 0.25) is 0 Å². The van der Waals surface area contributed by atoms with Crippen LogP contribution in [0.15, 0.2) is 6.20 Å². The first-order valence-corrected chi connectivity index (χ1v) is 7.63. The zero-order valence-electron chi connectivity index (χ0n) is 9.57. The van der Waals surface area contributed by atoms with Gasteiger partial charge in [-0.1, -0.05) is 0 Å². The Hall–Kier alpha value is -0.260. The van der Waals surface area contributed by atoms with Crippen molar-refractivity contribution in [3.05, 3.63) is 11.1 Å². The van der Waals surface area contributed by atoms with Crippen molar-refractivity contribution in [2.24, 2.45) is 0 Å². The summed E-state index contributed by atoms with van der Waals surface area (Å²) in [6.45, 7) is 4.91. The predicted molar refractivity (Wildman–Crippen MR) is 71.4 cm³/mol. The minimum absolute atomic E-state index is 0.776. The molecule has 0 radical (unpaired) electrons. The molecular weight excluding hydrogens is 240 g/mol. The van der Waals surface area contributed by atoms with Gasteiger partial charge in [0, 0.05) is 41.8 Å². The van der Waals surface area contributed by atoms with Crippen molar-refractivity contribution in [2.75, 3.05) is 25.1 Å². The Labute approximate surface area is 105 Å². The average Bonchev–Trinajstić information content (AvgIpc) is 2.76. The molecule has 5 heteroatoms. The fourth-order valence-electron chi connectivity index (χ4n) is 1.65. The quantitative estimate of drug-likeness (QED) is 0.880. The summed E-state index contributed by atoms with van der Waals surface area (Å²) < 4.78 is 5.35. The number of aromatic nitrogens is 1. The van der Waals surface area contributed by atoms with Gasteiger partial charge in [0.2, 0.25) is 0 Å². The molecule has 0 unspecified atom stereocenters. The average molecular weight is 258 g/mol. The van der Waals surface area contributed by atoms with E-state index in [0.29, 0.717) is 0 Å². The smallest absolute Gasteiger partial charge is 0.182 e. The minimum atomic E-state index is 0.776. The van der Waals surface area contributed by atoms with Gasteiger partial charge in [-0.15, -0.1) is 11.3 Å². The number of rotatable bonds is 5. The zero-order chi connectivity index (χ0) is 11.2. The van der Waals surface area contributed by atoms with Gasteiger partial charge >= 0.3 is 0 Å². The van der Waals surface area contributed by atoms with E-state index in [0.717, 1.165) is 35.9 Å². The largest absolute Gasteiger partial charge is 0.381 e. The second-order valence-electron chi connectivity index (χ2n) is 3.78. The predicted octanol–water partition coefficient (Wildman–Crippen LogP) is 2.99. The molecular formula is C11H18N2OS2. The van der Waals surface area contributed by atoms with E-state index >= 15 is 0 Å². The molecule has 90 valence electrons. The summed E-state index contributed by atoms with van der Waals surface area (Å²) in [7, 11) is 0. The minimum Gasteiger partial charge on any atom is -0.381 e. The molecule has 1 aliphatic heterocycles. The van der Waals surface area contributed by atoms with Crippen LogP contribution in [0.1, 0.15) is 24.6 Å². The van der Waals surface area contributed by atoms with Crippen molar-refractivity contribution < 1.29 is 4.74 Å². The number of nitrogens with one attached hydrogen (secondary N) is 1. The van der Waals surface area contributed by atoms with Crippen LogP contribution >= 0.6 is 23.1 Å². The fraction of sp³-hybridized carbons (Fsp3) is 0.727. The maximum atomic E-state index is 5.35. The van der Waals surface area contributed by atoms with Crippen LogP contribution in [-0.4, -0.2) is 30.0 Å². The van der Waals surface area contributed by atoms with Crippen molar-refractivity contribution in [1.82, 2.24) is 4.98 Å². The van der Waals surface area contributed by atoms with Gasteiger partial charge in [0.25, 0.3) is 0 Å². The summed E-state index contributed by atoms with van der Waals surface area (Å²) in [6, 6.07) is 0. The van der Waals surface area contributed by atoms with Crippen LogP contribution in [0.25, 0.3) is 0 Å². The molecule has 0 aliphatic carbocycles. The van der Waals surface area contributed by atoms with Gasteiger partial charge in [0.15, 0.2) is 5.13 Å². The number of hydrogen-bond acceptors (Lipinski definition) is 5. The van der Waals surface area contributed by atoms with E-state index in [-0.39, 0.29) is 0 Å². The lowest BCUT2D eigenvalue weighted by molar-refractivity contribution is 0.1000. The molecule has 0 spiro atoms. The molecule has 2 rings (SSSR count). The summed E-state index contributed by atoms with van der Waals surface area (Å²) in [5.41, 5.74) is 0. The Bertz CT molecular complexity index is 311. The van der Waals surface area contributed by atoms with Gasteiger partial charge in [-0.05, 0) is 19.8 Å². The third-order valence-corrected chi connectivity index (χ3v) is 5.07. The lowest BCUT2D eigenvalue weighted by Gasteiger charge is -2.20. The number of thioether (sulfide) groups is 1. The van der Waals surface area contributed by atoms with Crippen molar-refractivity contribution in [3.63, 3.8) is 0 Å². The topological polar surface area (TPSA) is 34.2 Å². The van der Waals surface area contributed by atoms with Gasteiger partial charge in [0.05, 0.1) is 0 Å². The Balaban J connectivity index is 1.75. The molecule has 3 nitrogen and oxygen atoms in total. The number of ether oxygens (including phenoxy) is 1. The Morgan fingerprint density at radius 2 is 2.38 bits per heavy atom. The standard InChI is InChI=1S/C11H18N2OS2/c1-2-12-11-13-7-10(16-11)8-15-9-3-5-14-6-4-9/h7,9H,2-6,8H2,1H3,(H,12,13). The van der Waals surface area contributed by atoms with Gasteiger partial charge in [0.1, 0.15) is 0 Å². The Morgan fingerprint density at radius 3 is 3.12 bits per heavy atom. The first kappa shape index (κ1) is 12.2. The van der Waals surface area contributed by atoms with Crippen molar-refractivity contribution in [3.8, 4) is 0 Å². The molecule has 0 bridgehead atoms. The summed E-state index contributed by atoms with van der Waals surface area (Å²) in [5.74, 6) is 1.09. The van der Waals surface area contributed by atoms with Crippen LogP contribution in [0.3, 0.4) is 0 Å². The maximum Gasteiger partial charge on any atom is 0.182 e. The summed E-state index contributed by atoms with van der Waals surface area (Å²) >= 11 is 3.82. The molecule has 1 aromatic rings. The maximum absolute atomic E-state index is 5.35. The van der Waals surface area contributed by atoms with Crippen LogP contribution < -0.4 is 5.32 Å². The third kappa shape index (κ3) is 3.64. The van der Waals surface area contributed by atoms with Crippen molar-refractivity contribution in [2.45, 2.75) is 30.8 Å². The van der Waals surface area contributed by atoms with E-state index in [1.807, 2.05) is 18.0 Å². The highest BCUT2D eigenvalue weighted by molar-refractivity contribution is 7.99. The second-order valence-corrected chi connectivity index (χ2v) is 6.19. The monoisotopic (exact) mass is 258 g/mol. The van der Waals surface area contributed by atoms with Crippen LogP contribution in [0, 0.1) is 0 Å². The third-order valence-electron chi connectivity index (χ3n) is 2.51. The molecule has 0 saturated carbocycles. The summed E-state index contributed by atoms with van der Waals surface area (Å²) in [5, 5.41) is 5.07. The van der Waals surface area contributed by atoms with E-state index in [1.54, 1.807) is 11.3 Å². The van der Waals surface area contributed by atoms with Crippen molar-refractivity contribution in [1.29, 1.82) is 0 Å². The molecule has 1 aliphatic rings. The van der Waals surface area contributed by atoms with Crippen molar-refractivity contribution >= 4 is 28.2 Å². The molecule has 0 amide bonds. The molecule has 0 atom stereocenters. The molecule has 2 heterocycles. The molecule has 1 saturated heterocycles.